The number of nitrogens with one attached hydrogen (secondary N) is 1. The first kappa shape index (κ1) is 24.9. The van der Waals surface area contributed by atoms with Gasteiger partial charge in [0.2, 0.25) is 0 Å². The van der Waals surface area contributed by atoms with Crippen molar-refractivity contribution in [2.45, 2.75) is 52.6 Å². The zero-order valence-electron chi connectivity index (χ0n) is 18.4. The van der Waals surface area contributed by atoms with Gasteiger partial charge in [-0.25, -0.2) is 9.59 Å². The third kappa shape index (κ3) is 7.12. The molecule has 9 heteroatoms. The van der Waals surface area contributed by atoms with E-state index in [0.29, 0.717) is 12.8 Å². The van der Waals surface area contributed by atoms with Crippen molar-refractivity contribution in [3.63, 3.8) is 0 Å². The van der Waals surface area contributed by atoms with Crippen molar-refractivity contribution in [1.82, 2.24) is 5.32 Å². The Bertz CT molecular complexity index is 1080. The molecule has 1 atom stereocenters. The van der Waals surface area contributed by atoms with Gasteiger partial charge in [0, 0.05) is 23.1 Å². The fraction of sp³-hybridized carbons (Fsp3) is 0.348. The van der Waals surface area contributed by atoms with Crippen LogP contribution in [0.5, 0.6) is 10.8 Å². The summed E-state index contributed by atoms with van der Waals surface area (Å²) in [5.41, 5.74) is -1.03. The molecule has 0 bridgehead atoms. The molecule has 0 fully saturated rings. The van der Waals surface area contributed by atoms with Crippen LogP contribution in [0.3, 0.4) is 0 Å². The summed E-state index contributed by atoms with van der Waals surface area (Å²) in [6.45, 7) is 7.21. The molecule has 2 heterocycles. The van der Waals surface area contributed by atoms with Gasteiger partial charge in [0.15, 0.2) is 10.8 Å². The molecule has 2 aromatic rings. The molecule has 32 heavy (non-hydrogen) atoms. The molecule has 0 spiro atoms. The van der Waals surface area contributed by atoms with Gasteiger partial charge in [0.25, 0.3) is 0 Å². The highest BCUT2D eigenvalue weighted by atomic mass is 32.1. The van der Waals surface area contributed by atoms with Gasteiger partial charge in [0.1, 0.15) is 17.1 Å². The van der Waals surface area contributed by atoms with Crippen LogP contribution in [0.1, 0.15) is 67.4 Å². The molecular formula is C23H27NO7S. The zero-order chi connectivity index (χ0) is 23.8. The Kier molecular flexibility index (Phi) is 8.83. The number of carbonyl (C=O) groups is 2. The normalized spacial score (nSPS) is 12.8. The molecule has 1 unspecified atom stereocenters. The van der Waals surface area contributed by atoms with E-state index in [2.05, 4.69) is 5.32 Å². The fourth-order valence-corrected chi connectivity index (χ4v) is 3.82. The molecule has 0 aliphatic rings. The number of carbonyl (C=O) groups excluding carboxylic acids is 1. The maximum absolute atomic E-state index is 12.8. The summed E-state index contributed by atoms with van der Waals surface area (Å²) in [7, 11) is 0. The van der Waals surface area contributed by atoms with Crippen LogP contribution in [0.25, 0.3) is 6.08 Å². The molecule has 0 aromatic carbocycles. The van der Waals surface area contributed by atoms with Crippen molar-refractivity contribution in [2.75, 3.05) is 0 Å². The van der Waals surface area contributed by atoms with Gasteiger partial charge in [-0.1, -0.05) is 24.3 Å². The van der Waals surface area contributed by atoms with Crippen molar-refractivity contribution < 1.29 is 29.0 Å². The highest BCUT2D eigenvalue weighted by Crippen LogP contribution is 2.29. The predicted octanol–water partition coefficient (Wildman–Crippen LogP) is 5.15. The van der Waals surface area contributed by atoms with Crippen molar-refractivity contribution >= 4 is 29.3 Å². The summed E-state index contributed by atoms with van der Waals surface area (Å²) in [6.07, 6.45) is 4.53. The van der Waals surface area contributed by atoms with E-state index in [0.717, 1.165) is 9.94 Å². The van der Waals surface area contributed by atoms with Crippen molar-refractivity contribution in [3.8, 4) is 10.8 Å². The molecule has 1 amide bonds. The van der Waals surface area contributed by atoms with E-state index in [1.807, 2.05) is 26.0 Å². The topological polar surface area (TPSA) is 126 Å². The van der Waals surface area contributed by atoms with E-state index in [1.54, 1.807) is 26.0 Å². The standard InChI is InChI=1S/C23H27NO7S/c1-13(2)30-19-9-8-16(32-19)11-15(4)21(26)20-17(25)12-18(31-22(20)27)14(3)7-5-6-10-24-23(28)29/h6,8-14,24-25H,5,7H2,1-4H3,(H,28,29). The van der Waals surface area contributed by atoms with Crippen LogP contribution in [0.15, 0.2) is 45.3 Å². The molecular weight excluding hydrogens is 434 g/mol. The minimum absolute atomic E-state index is 0.0353. The number of Topliss-reactive ketones (excluding diaryl/α,β-unsaturated/α-hetero) is 1. The number of amides is 1. The lowest BCUT2D eigenvalue weighted by atomic mass is 10.00. The third-order valence-corrected chi connectivity index (χ3v) is 5.35. The maximum Gasteiger partial charge on any atom is 0.408 e. The molecule has 0 aliphatic carbocycles. The summed E-state index contributed by atoms with van der Waals surface area (Å²) < 4.78 is 10.9. The summed E-state index contributed by atoms with van der Waals surface area (Å²) in [4.78, 5) is 36.4. The van der Waals surface area contributed by atoms with Crippen molar-refractivity contribution in [2.24, 2.45) is 0 Å². The molecule has 0 radical (unpaired) electrons. The van der Waals surface area contributed by atoms with Crippen LogP contribution < -0.4 is 15.7 Å². The Morgan fingerprint density at radius 3 is 2.62 bits per heavy atom. The van der Waals surface area contributed by atoms with Gasteiger partial charge < -0.3 is 19.4 Å². The van der Waals surface area contributed by atoms with Crippen molar-refractivity contribution in [3.05, 3.63) is 62.7 Å². The number of hydrogen-bond donors (Lipinski definition) is 3. The predicted molar refractivity (Wildman–Crippen MR) is 123 cm³/mol. The number of hydrogen-bond acceptors (Lipinski definition) is 7. The molecule has 0 saturated heterocycles. The Morgan fingerprint density at radius 2 is 2.00 bits per heavy atom. The lowest BCUT2D eigenvalue weighted by Crippen LogP contribution is -2.16. The Morgan fingerprint density at radius 1 is 1.28 bits per heavy atom. The average Bonchev–Trinajstić information content (AvgIpc) is 3.12. The van der Waals surface area contributed by atoms with Crippen LogP contribution in [-0.2, 0) is 0 Å². The van der Waals surface area contributed by atoms with Gasteiger partial charge in [-0.3, -0.25) is 10.1 Å². The first-order valence-corrected chi connectivity index (χ1v) is 10.9. The van der Waals surface area contributed by atoms with E-state index >= 15 is 0 Å². The number of aromatic hydroxyl groups is 1. The Balaban J connectivity index is 2.13. The molecule has 2 aromatic heterocycles. The van der Waals surface area contributed by atoms with Gasteiger partial charge in [-0.05, 0) is 57.4 Å². The number of ether oxygens (including phenoxy) is 1. The van der Waals surface area contributed by atoms with Crippen LogP contribution in [0.4, 0.5) is 4.79 Å². The molecule has 0 saturated carbocycles. The first-order chi connectivity index (χ1) is 15.1. The molecule has 0 aliphatic heterocycles. The molecule has 172 valence electrons. The van der Waals surface area contributed by atoms with E-state index in [9.17, 15) is 19.5 Å². The van der Waals surface area contributed by atoms with Crippen LogP contribution in [0.2, 0.25) is 0 Å². The monoisotopic (exact) mass is 461 g/mol. The summed E-state index contributed by atoms with van der Waals surface area (Å²) in [5.74, 6) is -1.02. The lowest BCUT2D eigenvalue weighted by Gasteiger charge is -2.11. The van der Waals surface area contributed by atoms with Gasteiger partial charge >= 0.3 is 11.7 Å². The average molecular weight is 462 g/mol. The number of thiophene rings is 1. The van der Waals surface area contributed by atoms with Gasteiger partial charge in [0.05, 0.1) is 6.10 Å². The Labute approximate surface area is 189 Å². The quantitative estimate of drug-likeness (QED) is 0.330. The van der Waals surface area contributed by atoms with Gasteiger partial charge in [-0.15, -0.1) is 0 Å². The van der Waals surface area contributed by atoms with E-state index in [-0.39, 0.29) is 23.4 Å². The van der Waals surface area contributed by atoms with Crippen LogP contribution in [0, 0.1) is 0 Å². The largest absolute Gasteiger partial charge is 0.507 e. The van der Waals surface area contributed by atoms with Crippen LogP contribution in [-0.4, -0.2) is 28.2 Å². The summed E-state index contributed by atoms with van der Waals surface area (Å²) >= 11 is 1.37. The highest BCUT2D eigenvalue weighted by molar-refractivity contribution is 7.14. The lowest BCUT2D eigenvalue weighted by molar-refractivity contribution is 0.102. The minimum Gasteiger partial charge on any atom is -0.507 e. The first-order valence-electron chi connectivity index (χ1n) is 10.1. The zero-order valence-corrected chi connectivity index (χ0v) is 19.2. The van der Waals surface area contributed by atoms with Crippen LogP contribution >= 0.6 is 11.3 Å². The van der Waals surface area contributed by atoms with E-state index in [4.69, 9.17) is 14.3 Å². The highest BCUT2D eigenvalue weighted by Gasteiger charge is 2.22. The number of allylic oxidation sites excluding steroid dienone is 2. The minimum atomic E-state index is -1.15. The molecule has 2 rings (SSSR count). The second-order valence-electron chi connectivity index (χ2n) is 7.51. The van der Waals surface area contributed by atoms with E-state index in [1.165, 1.54) is 23.6 Å². The number of carboxylic acid groups (broad SMARTS) is 1. The SMILES string of the molecule is CC(=Cc1ccc(OC(C)C)s1)C(=O)c1c(O)cc(C(C)CCC=CNC(=O)O)oc1=O. The van der Waals surface area contributed by atoms with E-state index < -0.39 is 28.8 Å². The molecule has 3 N–H and O–H groups in total. The third-order valence-electron chi connectivity index (χ3n) is 4.42. The fourth-order valence-electron chi connectivity index (χ4n) is 2.84. The van der Waals surface area contributed by atoms with Crippen molar-refractivity contribution in [1.29, 1.82) is 0 Å². The number of rotatable bonds is 10. The molecule has 8 nitrogen and oxygen atoms in total. The second-order valence-corrected chi connectivity index (χ2v) is 8.58. The Hall–Kier alpha value is -3.33. The van der Waals surface area contributed by atoms with Gasteiger partial charge in [-0.2, -0.15) is 0 Å². The smallest absolute Gasteiger partial charge is 0.408 e. The summed E-state index contributed by atoms with van der Waals surface area (Å²) in [6, 6.07) is 4.90. The summed E-state index contributed by atoms with van der Waals surface area (Å²) in [5, 5.41) is 21.7. The number of ketones is 1. The maximum atomic E-state index is 12.8. The second kappa shape index (κ2) is 11.3.